The minimum Gasteiger partial charge on any atom is -0.491 e. The van der Waals surface area contributed by atoms with E-state index in [4.69, 9.17) is 10.5 Å². The van der Waals surface area contributed by atoms with Crippen molar-refractivity contribution in [3.8, 4) is 5.75 Å². The van der Waals surface area contributed by atoms with Gasteiger partial charge in [0.1, 0.15) is 5.75 Å². The minimum atomic E-state index is -0.950. The zero-order valence-electron chi connectivity index (χ0n) is 12.9. The fourth-order valence-corrected chi connectivity index (χ4v) is 1.58. The molecule has 0 heterocycles. The number of halogens is 1. The highest BCUT2D eigenvalue weighted by Crippen LogP contribution is 2.18. The minimum absolute atomic E-state index is 0. The van der Waals surface area contributed by atoms with Crippen LogP contribution in [0.1, 0.15) is 39.4 Å². The molecule has 0 aromatic heterocycles. The van der Waals surface area contributed by atoms with E-state index >= 15 is 0 Å². The number of hydrogen-bond donors (Lipinski definition) is 3. The first-order chi connectivity index (χ1) is 9.20. The van der Waals surface area contributed by atoms with E-state index in [0.29, 0.717) is 0 Å². The van der Waals surface area contributed by atoms with Gasteiger partial charge in [-0.3, -0.25) is 4.79 Å². The molecular weight excluding hydrogens is 292 g/mol. The summed E-state index contributed by atoms with van der Waals surface area (Å²) in [4.78, 5) is 11.6. The highest BCUT2D eigenvalue weighted by molar-refractivity contribution is 5.85. The summed E-state index contributed by atoms with van der Waals surface area (Å²) in [5.74, 6) is 0.458. The van der Waals surface area contributed by atoms with Crippen LogP contribution in [0.2, 0.25) is 0 Å². The second-order valence-corrected chi connectivity index (χ2v) is 5.68. The fraction of sp³-hybridized carbons (Fsp3) is 0.533. The van der Waals surface area contributed by atoms with Crippen LogP contribution in [0, 0.1) is 0 Å². The lowest BCUT2D eigenvalue weighted by molar-refractivity contribution is -0.125. The van der Waals surface area contributed by atoms with E-state index < -0.39 is 11.6 Å². The van der Waals surface area contributed by atoms with Gasteiger partial charge in [-0.2, -0.15) is 0 Å². The number of aliphatic hydroxyl groups excluding tert-OH is 1. The van der Waals surface area contributed by atoms with Crippen LogP contribution in [0.15, 0.2) is 24.3 Å². The maximum absolute atomic E-state index is 11.6. The van der Waals surface area contributed by atoms with E-state index in [-0.39, 0.29) is 31.0 Å². The van der Waals surface area contributed by atoms with Gasteiger partial charge in [-0.05, 0) is 45.4 Å². The van der Waals surface area contributed by atoms with Crippen molar-refractivity contribution in [2.75, 3.05) is 6.54 Å². The first kappa shape index (κ1) is 19.7. The van der Waals surface area contributed by atoms with Crippen LogP contribution in [0.3, 0.4) is 0 Å². The maximum atomic E-state index is 11.6. The van der Waals surface area contributed by atoms with Crippen LogP contribution in [0.5, 0.6) is 5.75 Å². The average molecular weight is 317 g/mol. The molecule has 0 fully saturated rings. The highest BCUT2D eigenvalue weighted by atomic mass is 35.5. The zero-order valence-corrected chi connectivity index (χ0v) is 13.7. The van der Waals surface area contributed by atoms with E-state index in [1.165, 1.54) is 0 Å². The van der Waals surface area contributed by atoms with Crippen LogP contribution >= 0.6 is 12.4 Å². The maximum Gasteiger partial charge on any atom is 0.239 e. The molecule has 1 rings (SSSR count). The van der Waals surface area contributed by atoms with Gasteiger partial charge in [0, 0.05) is 6.54 Å². The smallest absolute Gasteiger partial charge is 0.239 e. The normalized spacial score (nSPS) is 12.5. The number of amides is 1. The SMILES string of the molecule is CC(C)Oc1ccc(C(O)CNC(=O)C(C)(C)N)cc1.Cl. The predicted molar refractivity (Wildman–Crippen MR) is 85.7 cm³/mol. The highest BCUT2D eigenvalue weighted by Gasteiger charge is 2.22. The molecule has 0 aliphatic carbocycles. The number of carbonyl (C=O) groups is 1. The molecule has 120 valence electrons. The summed E-state index contributed by atoms with van der Waals surface area (Å²) < 4.78 is 5.52. The molecule has 21 heavy (non-hydrogen) atoms. The number of benzene rings is 1. The van der Waals surface area contributed by atoms with Gasteiger partial charge in [0.25, 0.3) is 0 Å². The molecule has 0 saturated carbocycles. The van der Waals surface area contributed by atoms with Crippen molar-refractivity contribution in [3.05, 3.63) is 29.8 Å². The van der Waals surface area contributed by atoms with Gasteiger partial charge < -0.3 is 20.9 Å². The Labute approximate surface area is 132 Å². The molecule has 1 aromatic rings. The molecule has 1 unspecified atom stereocenters. The molecule has 0 aliphatic heterocycles. The van der Waals surface area contributed by atoms with Gasteiger partial charge in [0.15, 0.2) is 0 Å². The van der Waals surface area contributed by atoms with Crippen molar-refractivity contribution in [2.24, 2.45) is 5.73 Å². The lowest BCUT2D eigenvalue weighted by Gasteiger charge is -2.20. The molecule has 0 radical (unpaired) electrons. The van der Waals surface area contributed by atoms with Gasteiger partial charge in [-0.1, -0.05) is 12.1 Å². The molecule has 6 heteroatoms. The molecule has 0 aliphatic rings. The Balaban J connectivity index is 0.00000400. The van der Waals surface area contributed by atoms with E-state index in [0.717, 1.165) is 11.3 Å². The summed E-state index contributed by atoms with van der Waals surface area (Å²) in [7, 11) is 0. The largest absolute Gasteiger partial charge is 0.491 e. The molecule has 5 nitrogen and oxygen atoms in total. The molecular formula is C15H25ClN2O3. The van der Waals surface area contributed by atoms with Crippen molar-refractivity contribution < 1.29 is 14.6 Å². The van der Waals surface area contributed by atoms with Gasteiger partial charge in [0.05, 0.1) is 17.7 Å². The Morgan fingerprint density at radius 1 is 1.33 bits per heavy atom. The summed E-state index contributed by atoms with van der Waals surface area (Å²) in [6.45, 7) is 7.27. The topological polar surface area (TPSA) is 84.6 Å². The summed E-state index contributed by atoms with van der Waals surface area (Å²) in [5.41, 5.74) is 5.43. The summed E-state index contributed by atoms with van der Waals surface area (Å²) >= 11 is 0. The van der Waals surface area contributed by atoms with Crippen LogP contribution in [-0.4, -0.2) is 29.2 Å². The second kappa shape index (κ2) is 8.22. The number of rotatable bonds is 6. The predicted octanol–water partition coefficient (Wildman–Crippen LogP) is 1.78. The molecule has 1 amide bonds. The molecule has 1 atom stereocenters. The molecule has 0 saturated heterocycles. The quantitative estimate of drug-likeness (QED) is 0.747. The fourth-order valence-electron chi connectivity index (χ4n) is 1.58. The Hall–Kier alpha value is -1.30. The van der Waals surface area contributed by atoms with Gasteiger partial charge in [-0.25, -0.2) is 0 Å². The summed E-state index contributed by atoms with van der Waals surface area (Å²) in [6.07, 6.45) is -0.661. The third kappa shape index (κ3) is 6.80. The first-order valence-corrected chi connectivity index (χ1v) is 6.72. The van der Waals surface area contributed by atoms with Gasteiger partial charge in [0.2, 0.25) is 5.91 Å². The van der Waals surface area contributed by atoms with E-state index in [9.17, 15) is 9.90 Å². The number of carbonyl (C=O) groups excluding carboxylic acids is 1. The lowest BCUT2D eigenvalue weighted by atomic mass is 10.1. The second-order valence-electron chi connectivity index (χ2n) is 5.68. The molecule has 1 aromatic carbocycles. The average Bonchev–Trinajstić information content (AvgIpc) is 2.34. The summed E-state index contributed by atoms with van der Waals surface area (Å²) in [6, 6.07) is 7.16. The van der Waals surface area contributed by atoms with E-state index in [1.54, 1.807) is 38.1 Å². The number of aliphatic hydroxyl groups is 1. The Morgan fingerprint density at radius 2 is 1.86 bits per heavy atom. The van der Waals surface area contributed by atoms with Gasteiger partial charge in [-0.15, -0.1) is 12.4 Å². The van der Waals surface area contributed by atoms with E-state index in [2.05, 4.69) is 5.32 Å². The molecule has 4 N–H and O–H groups in total. The Morgan fingerprint density at radius 3 is 2.29 bits per heavy atom. The lowest BCUT2D eigenvalue weighted by Crippen LogP contribution is -2.49. The standard InChI is InChI=1S/C15H24N2O3.ClH/c1-10(2)20-12-7-5-11(6-8-12)13(18)9-17-14(19)15(3,4)16;/h5-8,10,13,18H,9,16H2,1-4H3,(H,17,19);1H. The first-order valence-electron chi connectivity index (χ1n) is 6.72. The van der Waals surface area contributed by atoms with Crippen molar-refractivity contribution in [1.29, 1.82) is 0 Å². The summed E-state index contributed by atoms with van der Waals surface area (Å²) in [5, 5.41) is 12.6. The zero-order chi connectivity index (χ0) is 15.3. The van der Waals surface area contributed by atoms with Crippen LogP contribution in [-0.2, 0) is 4.79 Å². The molecule has 0 spiro atoms. The van der Waals surface area contributed by atoms with Crippen LogP contribution in [0.4, 0.5) is 0 Å². The number of nitrogens with one attached hydrogen (secondary N) is 1. The van der Waals surface area contributed by atoms with E-state index in [1.807, 2.05) is 13.8 Å². The van der Waals surface area contributed by atoms with Crippen LogP contribution < -0.4 is 15.8 Å². The van der Waals surface area contributed by atoms with Crippen molar-refractivity contribution >= 4 is 18.3 Å². The Kier molecular flexibility index (Phi) is 7.71. The van der Waals surface area contributed by atoms with Gasteiger partial charge >= 0.3 is 0 Å². The van der Waals surface area contributed by atoms with Crippen molar-refractivity contribution in [1.82, 2.24) is 5.32 Å². The third-order valence-electron chi connectivity index (χ3n) is 2.68. The monoisotopic (exact) mass is 316 g/mol. The number of hydrogen-bond acceptors (Lipinski definition) is 4. The van der Waals surface area contributed by atoms with Crippen LogP contribution in [0.25, 0.3) is 0 Å². The number of ether oxygens (including phenoxy) is 1. The van der Waals surface area contributed by atoms with Crippen molar-refractivity contribution in [3.63, 3.8) is 0 Å². The third-order valence-corrected chi connectivity index (χ3v) is 2.68. The van der Waals surface area contributed by atoms with Crippen molar-refractivity contribution in [2.45, 2.75) is 45.4 Å². The Bertz CT molecular complexity index is 441. The molecule has 0 bridgehead atoms. The number of nitrogens with two attached hydrogens (primary N) is 1.